The van der Waals surface area contributed by atoms with Gasteiger partial charge in [0.1, 0.15) is 46.5 Å². The van der Waals surface area contributed by atoms with Gasteiger partial charge in [0.15, 0.2) is 11.6 Å². The topological polar surface area (TPSA) is 165 Å². The number of ketones is 2. The van der Waals surface area contributed by atoms with E-state index in [1.165, 1.54) is 130 Å². The van der Waals surface area contributed by atoms with Crippen molar-refractivity contribution in [3.8, 4) is 24.3 Å². The van der Waals surface area contributed by atoms with Gasteiger partial charge >= 0.3 is 0 Å². The third-order valence-corrected chi connectivity index (χ3v) is 28.3. The molecule has 0 bridgehead atoms. The van der Waals surface area contributed by atoms with E-state index in [4.69, 9.17) is 55.2 Å². The monoisotopic (exact) mass is 1510 g/mol. The molecule has 0 spiro atoms. The van der Waals surface area contributed by atoms with E-state index in [0.717, 1.165) is 168 Å². The van der Waals surface area contributed by atoms with Gasteiger partial charge in [0.2, 0.25) is 0 Å². The van der Waals surface area contributed by atoms with Crippen molar-refractivity contribution in [1.82, 2.24) is 17.9 Å². The van der Waals surface area contributed by atoms with E-state index in [0.29, 0.717) is 45.2 Å². The number of allylic oxidation sites excluding steroid dienone is 6. The molecule has 0 amide bonds. The van der Waals surface area contributed by atoms with Crippen LogP contribution >= 0.6 is 103 Å². The Morgan fingerprint density at radius 2 is 0.772 bits per heavy atom. The number of nitrogens with zero attached hydrogens (tertiary/aromatic N) is 8. The van der Waals surface area contributed by atoms with Crippen LogP contribution in [0.3, 0.4) is 0 Å². The average Bonchev–Trinajstić information content (AvgIpc) is 1.51. The van der Waals surface area contributed by atoms with Crippen molar-refractivity contribution in [3.05, 3.63) is 110 Å². The minimum absolute atomic E-state index is 0.154. The maximum atomic E-state index is 14.9. The van der Waals surface area contributed by atoms with Crippen molar-refractivity contribution in [1.29, 1.82) is 21.0 Å². The molecule has 0 fully saturated rings. The Hall–Kier alpha value is -6.18. The number of hydrogen-bond acceptors (Lipinski definition) is 13. The maximum absolute atomic E-state index is 14.9. The van der Waals surface area contributed by atoms with Crippen LogP contribution in [0.1, 0.15) is 261 Å². The largest absolute Gasteiger partial charge is 0.337 e. The second kappa shape index (κ2) is 33.7. The Bertz CT molecular complexity index is 4830. The van der Waals surface area contributed by atoms with Crippen molar-refractivity contribution in [3.63, 3.8) is 0 Å². The van der Waals surface area contributed by atoms with Gasteiger partial charge < -0.3 is 9.13 Å². The number of unbranched alkanes of at least 4 members (excludes halogenated alkanes) is 18. The van der Waals surface area contributed by atoms with Crippen LogP contribution in [0.15, 0.2) is 46.6 Å². The fraction of sp³-hybridized carbons (Fsp3) is 0.463. The summed E-state index contributed by atoms with van der Waals surface area (Å²) in [5.41, 5.74) is 11.2. The number of rotatable bonds is 34. The Labute approximate surface area is 633 Å². The van der Waals surface area contributed by atoms with Gasteiger partial charge in [0, 0.05) is 67.0 Å². The van der Waals surface area contributed by atoms with Gasteiger partial charge in [-0.1, -0.05) is 229 Å². The summed E-state index contributed by atoms with van der Waals surface area (Å²) in [6.45, 7) is 15.3. The van der Waals surface area contributed by atoms with Crippen LogP contribution in [0.2, 0.25) is 20.1 Å². The SMILES string of the molecule is CCCCCCCCCCCc1c(C=C2C(=O)c3cc(Cl)c(Cl)cc3C2=C(C#N)C#N)sc2c1sc1c3c4nsnc4c4c5sc6c(CCCCCCCCCCC)c(C=C7C(=O)c8cc(Cl)c(Cl)cc8C7=C(C#N)C#N)sc6c5n(CC(CC)CCCC)c4c3n(CC(CC)CCCC)c21. The number of hydrogen-bond donors (Lipinski definition) is 0. The summed E-state index contributed by atoms with van der Waals surface area (Å²) in [5, 5.41) is 45.4. The third-order valence-electron chi connectivity index (χ3n) is 21.1. The van der Waals surface area contributed by atoms with Crippen LogP contribution in [-0.4, -0.2) is 29.4 Å². The van der Waals surface area contributed by atoms with Gasteiger partial charge in [0.05, 0.1) is 82.1 Å². The van der Waals surface area contributed by atoms with E-state index in [-0.39, 0.29) is 53.9 Å². The first-order valence-electron chi connectivity index (χ1n) is 36.9. The summed E-state index contributed by atoms with van der Waals surface area (Å²) in [5.74, 6) is 0.105. The number of aryl methyl sites for hydroxylation is 2. The normalized spacial score (nSPS) is 14.6. The molecule has 2 aliphatic rings. The second-order valence-corrected chi connectivity index (χ2v) is 34.0. The predicted molar refractivity (Wildman–Crippen MR) is 432 cm³/mol. The Balaban J connectivity index is 1.14. The number of benzene rings is 3. The molecule has 2 aliphatic carbocycles. The van der Waals surface area contributed by atoms with Crippen LogP contribution in [0.5, 0.6) is 0 Å². The number of halogens is 4. The Morgan fingerprint density at radius 1 is 0.436 bits per heavy atom. The standard InChI is InChI=1S/C82H86Cl4N8O2S5/c1-7-13-17-19-21-23-25-27-29-33-51-63(39-57-65(49(41-87)42-88)53-35-59(83)61(85)37-55(53)75(57)95)97-81-73-79(99-77(51)81)67-69-70(92-101-91-69)68-72(71(67)93(73)45-47(11-5)31-15-9-3)94(46-48(12-6)32-16-10-4)74-80(68)100-78-52(34-30-28-26-24-22-20-18-14-8-2)64(98-82(74)78)40-58-66(50(43-89)44-90)54-36-60(84)62(86)38-56(54)76(58)96/h35-40,47-48H,7-34,45-46H2,1-6H3. The third kappa shape index (κ3) is 14.5. The molecule has 0 radical (unpaired) electrons. The highest BCUT2D eigenvalue weighted by atomic mass is 35.5. The smallest absolute Gasteiger partial charge is 0.194 e. The minimum atomic E-state index is -0.296. The zero-order valence-corrected chi connectivity index (χ0v) is 65.9. The van der Waals surface area contributed by atoms with Crippen molar-refractivity contribution >= 4 is 210 Å². The summed E-state index contributed by atoms with van der Waals surface area (Å²) >= 11 is 35.0. The fourth-order valence-corrected chi connectivity index (χ4v) is 22.8. The molecule has 19 heteroatoms. The van der Waals surface area contributed by atoms with Gasteiger partial charge in [-0.3, -0.25) is 9.59 Å². The molecule has 3 aromatic carbocycles. The number of carbonyl (C=O) groups excluding carboxylic acids is 2. The summed E-state index contributed by atoms with van der Waals surface area (Å²) in [7, 11) is 0. The van der Waals surface area contributed by atoms with E-state index < -0.39 is 0 Å². The lowest BCUT2D eigenvalue weighted by molar-refractivity contribution is 0.103. The van der Waals surface area contributed by atoms with Crippen LogP contribution in [0, 0.1) is 57.2 Å². The van der Waals surface area contributed by atoms with E-state index in [9.17, 15) is 30.6 Å². The molecule has 0 saturated carbocycles. The summed E-state index contributed by atoms with van der Waals surface area (Å²) < 4.78 is 23.1. The van der Waals surface area contributed by atoms with Gasteiger partial charge in [-0.05, 0) is 109 Å². The molecule has 10 nitrogen and oxygen atoms in total. The molecule has 12 rings (SSSR count). The van der Waals surface area contributed by atoms with E-state index in [1.54, 1.807) is 46.9 Å². The average molecular weight is 1520 g/mol. The number of thiophene rings is 4. The van der Waals surface area contributed by atoms with Gasteiger partial charge in [-0.25, -0.2) is 0 Å². The Kier molecular flexibility index (Phi) is 24.9. The molecule has 7 aromatic heterocycles. The van der Waals surface area contributed by atoms with Gasteiger partial charge in [0.25, 0.3) is 0 Å². The van der Waals surface area contributed by atoms with Gasteiger partial charge in [-0.2, -0.15) is 29.8 Å². The highest BCUT2D eigenvalue weighted by molar-refractivity contribution is 7.34. The lowest BCUT2D eigenvalue weighted by Gasteiger charge is -2.20. The summed E-state index contributed by atoms with van der Waals surface area (Å²) in [6.07, 6.45) is 35.3. The highest BCUT2D eigenvalue weighted by Crippen LogP contribution is 2.57. The first-order chi connectivity index (χ1) is 49.2. The number of nitriles is 4. The second-order valence-electron chi connectivity index (χ2n) is 27.7. The molecule has 2 unspecified atom stereocenters. The Morgan fingerprint density at radius 3 is 1.11 bits per heavy atom. The van der Waals surface area contributed by atoms with Crippen LogP contribution in [0.4, 0.5) is 0 Å². The number of aromatic nitrogens is 4. The van der Waals surface area contributed by atoms with Crippen molar-refractivity contribution < 1.29 is 9.59 Å². The first kappa shape index (κ1) is 74.5. The molecule has 10 aromatic rings. The first-order valence-corrected chi connectivity index (χ1v) is 42.4. The van der Waals surface area contributed by atoms with Crippen LogP contribution in [-0.2, 0) is 25.9 Å². The van der Waals surface area contributed by atoms with E-state index in [2.05, 4.69) is 75.0 Å². The zero-order chi connectivity index (χ0) is 71.2. The van der Waals surface area contributed by atoms with Crippen LogP contribution < -0.4 is 0 Å². The van der Waals surface area contributed by atoms with E-state index >= 15 is 0 Å². The number of Topliss-reactive ketones (excluding diaryl/α,β-unsaturated/α-hetero) is 2. The maximum Gasteiger partial charge on any atom is 0.194 e. The van der Waals surface area contributed by atoms with Crippen molar-refractivity contribution in [2.75, 3.05) is 0 Å². The quantitative estimate of drug-likeness (QED) is 0.0218. The van der Waals surface area contributed by atoms with Crippen molar-refractivity contribution in [2.24, 2.45) is 11.8 Å². The highest BCUT2D eigenvalue weighted by Gasteiger charge is 2.38. The molecular weight excluding hydrogens is 1430 g/mol. The van der Waals surface area contributed by atoms with Crippen molar-refractivity contribution in [2.45, 2.75) is 234 Å². The van der Waals surface area contributed by atoms with E-state index in [1.807, 2.05) is 34.8 Å². The molecule has 101 heavy (non-hydrogen) atoms. The molecule has 7 heterocycles. The minimum Gasteiger partial charge on any atom is -0.337 e. The molecule has 0 N–H and O–H groups in total. The molecule has 0 aliphatic heterocycles. The fourth-order valence-electron chi connectivity index (χ4n) is 15.6. The van der Waals surface area contributed by atoms with Crippen LogP contribution in [0.25, 0.3) is 95.4 Å². The molecular formula is C82H86Cl4N8O2S5. The zero-order valence-electron chi connectivity index (χ0n) is 58.8. The van der Waals surface area contributed by atoms with Gasteiger partial charge in [-0.15, -0.1) is 45.3 Å². The number of carbonyl (C=O) groups is 2. The summed E-state index contributed by atoms with van der Waals surface area (Å²) in [6, 6.07) is 14.9. The lowest BCUT2D eigenvalue weighted by atomic mass is 9.98. The molecule has 0 saturated heterocycles. The molecule has 524 valence electrons. The predicted octanol–water partition coefficient (Wildman–Crippen LogP) is 27.8. The summed E-state index contributed by atoms with van der Waals surface area (Å²) in [4.78, 5) is 31.8. The molecule has 2 atom stereocenters. The lowest BCUT2D eigenvalue weighted by Crippen LogP contribution is -2.13. The number of fused-ring (bicyclic) bond motifs is 16.